The zero-order valence-corrected chi connectivity index (χ0v) is 12.5. The lowest BCUT2D eigenvalue weighted by atomic mass is 10.00. The first-order valence-corrected chi connectivity index (χ1v) is 6.69. The molecule has 1 aromatic heterocycles. The molecular weight excluding hydrogens is 283 g/mol. The van der Waals surface area contributed by atoms with Crippen molar-refractivity contribution in [2.75, 3.05) is 0 Å². The van der Waals surface area contributed by atoms with E-state index in [9.17, 15) is 4.79 Å². The van der Waals surface area contributed by atoms with Crippen LogP contribution in [0.2, 0.25) is 10.0 Å². The van der Waals surface area contributed by atoms with E-state index >= 15 is 0 Å². The zero-order valence-electron chi connectivity index (χ0n) is 11.0. The SMILES string of the molecule is Cc1oc(C)c(C(=O)Cc2cc(Cl)ccc2Cl)c1C. The molecule has 2 aromatic rings. The number of benzene rings is 1. The van der Waals surface area contributed by atoms with E-state index in [-0.39, 0.29) is 12.2 Å². The Labute approximate surface area is 122 Å². The molecule has 2 rings (SSSR count). The highest BCUT2D eigenvalue weighted by molar-refractivity contribution is 6.33. The molecule has 0 amide bonds. The Morgan fingerprint density at radius 3 is 2.42 bits per heavy atom. The lowest BCUT2D eigenvalue weighted by Crippen LogP contribution is -2.06. The highest BCUT2D eigenvalue weighted by atomic mass is 35.5. The highest BCUT2D eigenvalue weighted by Crippen LogP contribution is 2.26. The van der Waals surface area contributed by atoms with Crippen molar-refractivity contribution in [2.24, 2.45) is 0 Å². The molecule has 0 aliphatic heterocycles. The largest absolute Gasteiger partial charge is 0.466 e. The summed E-state index contributed by atoms with van der Waals surface area (Å²) in [5.74, 6) is 1.42. The number of ketones is 1. The van der Waals surface area contributed by atoms with Crippen LogP contribution in [0, 0.1) is 20.8 Å². The minimum atomic E-state index is -0.00369. The first-order chi connectivity index (χ1) is 8.90. The van der Waals surface area contributed by atoms with Gasteiger partial charge in [0.1, 0.15) is 11.5 Å². The Balaban J connectivity index is 2.33. The molecule has 1 heterocycles. The minimum Gasteiger partial charge on any atom is -0.466 e. The molecule has 0 atom stereocenters. The summed E-state index contributed by atoms with van der Waals surface area (Å²) in [5.41, 5.74) is 2.27. The van der Waals surface area contributed by atoms with Gasteiger partial charge >= 0.3 is 0 Å². The fourth-order valence-corrected chi connectivity index (χ4v) is 2.52. The van der Waals surface area contributed by atoms with Crippen LogP contribution in [0.4, 0.5) is 0 Å². The van der Waals surface area contributed by atoms with Gasteiger partial charge in [-0.2, -0.15) is 0 Å². The summed E-state index contributed by atoms with van der Waals surface area (Å²) >= 11 is 12.0. The van der Waals surface area contributed by atoms with Gasteiger partial charge in [0.05, 0.1) is 5.56 Å². The van der Waals surface area contributed by atoms with E-state index in [1.807, 2.05) is 13.8 Å². The van der Waals surface area contributed by atoms with E-state index in [0.717, 1.165) is 16.9 Å². The quantitative estimate of drug-likeness (QED) is 0.751. The number of rotatable bonds is 3. The van der Waals surface area contributed by atoms with Crippen LogP contribution in [-0.2, 0) is 6.42 Å². The second-order valence-corrected chi connectivity index (χ2v) is 5.39. The number of furan rings is 1. The van der Waals surface area contributed by atoms with Gasteiger partial charge in [0.25, 0.3) is 0 Å². The van der Waals surface area contributed by atoms with Gasteiger partial charge in [-0.05, 0) is 44.5 Å². The van der Waals surface area contributed by atoms with Gasteiger partial charge in [-0.25, -0.2) is 0 Å². The van der Waals surface area contributed by atoms with E-state index in [1.54, 1.807) is 25.1 Å². The normalized spacial score (nSPS) is 10.8. The fraction of sp³-hybridized carbons (Fsp3) is 0.267. The number of halogens is 2. The van der Waals surface area contributed by atoms with Crippen LogP contribution in [0.25, 0.3) is 0 Å². The highest BCUT2D eigenvalue weighted by Gasteiger charge is 2.19. The molecular formula is C15H14Cl2O2. The smallest absolute Gasteiger partial charge is 0.171 e. The van der Waals surface area contributed by atoms with Gasteiger partial charge in [0.2, 0.25) is 0 Å². The molecule has 1 aromatic carbocycles. The molecule has 0 unspecified atom stereocenters. The molecule has 0 saturated heterocycles. The zero-order chi connectivity index (χ0) is 14.2. The van der Waals surface area contributed by atoms with Crippen molar-refractivity contribution in [1.82, 2.24) is 0 Å². The first kappa shape index (κ1) is 14.2. The van der Waals surface area contributed by atoms with Crippen molar-refractivity contribution < 1.29 is 9.21 Å². The van der Waals surface area contributed by atoms with Crippen LogP contribution in [0.5, 0.6) is 0 Å². The van der Waals surface area contributed by atoms with E-state index in [2.05, 4.69) is 0 Å². The maximum absolute atomic E-state index is 12.4. The standard InChI is InChI=1S/C15H14Cl2O2/c1-8-9(2)19-10(3)15(8)14(18)7-11-6-12(16)4-5-13(11)17/h4-6H,7H2,1-3H3. The number of Topliss-reactive ketones (excluding diaryl/α,β-unsaturated/α-hetero) is 1. The molecule has 4 heteroatoms. The molecule has 0 N–H and O–H groups in total. The monoisotopic (exact) mass is 296 g/mol. The van der Waals surface area contributed by atoms with E-state index in [0.29, 0.717) is 21.4 Å². The lowest BCUT2D eigenvalue weighted by molar-refractivity contribution is 0.0991. The first-order valence-electron chi connectivity index (χ1n) is 5.94. The van der Waals surface area contributed by atoms with Crippen molar-refractivity contribution >= 4 is 29.0 Å². The molecule has 2 nitrogen and oxygen atoms in total. The Bertz CT molecular complexity index is 642. The third kappa shape index (κ3) is 2.85. The van der Waals surface area contributed by atoms with Crippen LogP contribution in [0.15, 0.2) is 22.6 Å². The summed E-state index contributed by atoms with van der Waals surface area (Å²) in [4.78, 5) is 12.4. The molecule has 0 radical (unpaired) electrons. The van der Waals surface area contributed by atoms with Crippen molar-refractivity contribution in [2.45, 2.75) is 27.2 Å². The van der Waals surface area contributed by atoms with Gasteiger partial charge in [-0.3, -0.25) is 4.79 Å². The van der Waals surface area contributed by atoms with Gasteiger partial charge in [0, 0.05) is 22.0 Å². The maximum Gasteiger partial charge on any atom is 0.171 e. The van der Waals surface area contributed by atoms with Crippen LogP contribution in [0.3, 0.4) is 0 Å². The second kappa shape index (κ2) is 5.40. The number of aryl methyl sites for hydroxylation is 2. The Morgan fingerprint density at radius 1 is 1.16 bits per heavy atom. The fourth-order valence-electron chi connectivity index (χ4n) is 2.14. The van der Waals surface area contributed by atoms with Crippen molar-refractivity contribution in [1.29, 1.82) is 0 Å². The molecule has 100 valence electrons. The van der Waals surface area contributed by atoms with Gasteiger partial charge in [-0.15, -0.1) is 0 Å². The minimum absolute atomic E-state index is 0.00369. The summed E-state index contributed by atoms with van der Waals surface area (Å²) in [6.07, 6.45) is 0.222. The predicted octanol–water partition coefficient (Wildman–Crippen LogP) is 4.94. The molecule has 0 saturated carbocycles. The van der Waals surface area contributed by atoms with E-state index < -0.39 is 0 Å². The Hall–Kier alpha value is -1.25. The number of carbonyl (C=O) groups excluding carboxylic acids is 1. The Kier molecular flexibility index (Phi) is 4.02. The molecule has 19 heavy (non-hydrogen) atoms. The maximum atomic E-state index is 12.4. The third-order valence-electron chi connectivity index (χ3n) is 3.20. The molecule has 0 aliphatic carbocycles. The molecule has 0 spiro atoms. The number of carbonyl (C=O) groups is 1. The summed E-state index contributed by atoms with van der Waals surface area (Å²) in [7, 11) is 0. The van der Waals surface area contributed by atoms with Crippen LogP contribution < -0.4 is 0 Å². The van der Waals surface area contributed by atoms with E-state index in [1.165, 1.54) is 0 Å². The lowest BCUT2D eigenvalue weighted by Gasteiger charge is -2.05. The van der Waals surface area contributed by atoms with Crippen LogP contribution in [0.1, 0.15) is 33.0 Å². The van der Waals surface area contributed by atoms with Gasteiger partial charge in [0.15, 0.2) is 5.78 Å². The topological polar surface area (TPSA) is 30.2 Å². The van der Waals surface area contributed by atoms with Crippen molar-refractivity contribution in [3.05, 3.63) is 56.5 Å². The Morgan fingerprint density at radius 2 is 1.84 bits per heavy atom. The summed E-state index contributed by atoms with van der Waals surface area (Å²) in [6.45, 7) is 5.54. The number of hydrogen-bond donors (Lipinski definition) is 0. The van der Waals surface area contributed by atoms with Gasteiger partial charge < -0.3 is 4.42 Å². The predicted molar refractivity (Wildman–Crippen MR) is 77.4 cm³/mol. The second-order valence-electron chi connectivity index (χ2n) is 4.55. The summed E-state index contributed by atoms with van der Waals surface area (Å²) < 4.78 is 5.48. The van der Waals surface area contributed by atoms with Crippen LogP contribution in [-0.4, -0.2) is 5.78 Å². The average molecular weight is 297 g/mol. The summed E-state index contributed by atoms with van der Waals surface area (Å²) in [5, 5.41) is 1.12. The van der Waals surface area contributed by atoms with Gasteiger partial charge in [-0.1, -0.05) is 23.2 Å². The van der Waals surface area contributed by atoms with Crippen molar-refractivity contribution in [3.63, 3.8) is 0 Å². The van der Waals surface area contributed by atoms with E-state index in [4.69, 9.17) is 27.6 Å². The molecule has 0 aliphatic rings. The number of hydrogen-bond acceptors (Lipinski definition) is 2. The molecule has 0 fully saturated rings. The summed E-state index contributed by atoms with van der Waals surface area (Å²) in [6, 6.07) is 5.13. The third-order valence-corrected chi connectivity index (χ3v) is 3.80. The van der Waals surface area contributed by atoms with Crippen LogP contribution >= 0.6 is 23.2 Å². The average Bonchev–Trinajstić information content (AvgIpc) is 2.58. The van der Waals surface area contributed by atoms with Crippen molar-refractivity contribution in [3.8, 4) is 0 Å². The molecule has 0 bridgehead atoms.